The van der Waals surface area contributed by atoms with Gasteiger partial charge in [0.25, 0.3) is 0 Å². The molecule has 0 fully saturated rings. The van der Waals surface area contributed by atoms with Gasteiger partial charge in [0.05, 0.1) is 11.7 Å². The van der Waals surface area contributed by atoms with Crippen LogP contribution < -0.4 is 4.72 Å². The van der Waals surface area contributed by atoms with Gasteiger partial charge >= 0.3 is 0 Å². The third-order valence-electron chi connectivity index (χ3n) is 2.03. The lowest BCUT2D eigenvalue weighted by Crippen LogP contribution is -2.40. The zero-order chi connectivity index (χ0) is 12.3. The fourth-order valence-corrected chi connectivity index (χ4v) is 2.20. The van der Waals surface area contributed by atoms with Crippen LogP contribution in [0.3, 0.4) is 0 Å². The van der Waals surface area contributed by atoms with Gasteiger partial charge in [-0.25, -0.2) is 0 Å². The van der Waals surface area contributed by atoms with Crippen molar-refractivity contribution < 1.29 is 4.55 Å². The van der Waals surface area contributed by atoms with Crippen molar-refractivity contribution in [2.45, 2.75) is 38.5 Å². The Labute approximate surface area is 108 Å². The van der Waals surface area contributed by atoms with E-state index in [-0.39, 0.29) is 10.8 Å². The lowest BCUT2D eigenvalue weighted by Gasteiger charge is -2.26. The zero-order valence-electron chi connectivity index (χ0n) is 9.95. The van der Waals surface area contributed by atoms with Gasteiger partial charge in [-0.15, -0.1) is 4.72 Å². The van der Waals surface area contributed by atoms with Crippen molar-refractivity contribution in [2.75, 3.05) is 0 Å². The average Bonchev–Trinajstić information content (AvgIpc) is 2.16. The van der Waals surface area contributed by atoms with E-state index in [0.717, 1.165) is 10.2 Å². The first-order valence-electron chi connectivity index (χ1n) is 5.10. The standard InChI is InChI=1S/C11H17BrN2OS/c1-8(14-16(15)11(2,3)4)10-7-9(12)5-6-13-10/h5-8,14H,1-4H3/t8-,16-/m1/s1. The smallest absolute Gasteiger partial charge is 0.136 e. The lowest BCUT2D eigenvalue weighted by atomic mass is 10.2. The molecule has 0 radical (unpaired) electrons. The first-order chi connectivity index (χ1) is 7.30. The minimum Gasteiger partial charge on any atom is -0.598 e. The second kappa shape index (κ2) is 5.49. The summed E-state index contributed by atoms with van der Waals surface area (Å²) < 4.78 is 15.7. The number of hydrogen-bond acceptors (Lipinski definition) is 3. The molecule has 0 aliphatic heterocycles. The normalized spacial score (nSPS) is 15.9. The van der Waals surface area contributed by atoms with Crippen molar-refractivity contribution in [3.63, 3.8) is 0 Å². The molecule has 0 aromatic carbocycles. The summed E-state index contributed by atoms with van der Waals surface area (Å²) in [5.41, 5.74) is 0.881. The van der Waals surface area contributed by atoms with Crippen LogP contribution in [0.4, 0.5) is 0 Å². The number of nitrogens with zero attached hydrogens (tertiary/aromatic N) is 1. The maximum atomic E-state index is 11.9. The van der Waals surface area contributed by atoms with Crippen molar-refractivity contribution in [3.05, 3.63) is 28.5 Å². The Morgan fingerprint density at radius 2 is 2.12 bits per heavy atom. The summed E-state index contributed by atoms with van der Waals surface area (Å²) in [6, 6.07) is 3.77. The van der Waals surface area contributed by atoms with Crippen LogP contribution in [0.1, 0.15) is 39.4 Å². The third-order valence-corrected chi connectivity index (χ3v) is 4.20. The van der Waals surface area contributed by atoms with Gasteiger partial charge in [0, 0.05) is 22.0 Å². The van der Waals surface area contributed by atoms with Gasteiger partial charge in [-0.1, -0.05) is 15.9 Å². The predicted molar refractivity (Wildman–Crippen MR) is 71.4 cm³/mol. The maximum absolute atomic E-state index is 11.9. The molecule has 0 amide bonds. The fourth-order valence-electron chi connectivity index (χ4n) is 1.06. The Balaban J connectivity index is 2.69. The molecule has 3 nitrogen and oxygen atoms in total. The Kier molecular flexibility index (Phi) is 4.79. The molecule has 0 aliphatic rings. The molecule has 0 saturated carbocycles. The summed E-state index contributed by atoms with van der Waals surface area (Å²) in [6.07, 6.45) is 1.73. The minimum atomic E-state index is -1.08. The molecule has 0 unspecified atom stereocenters. The third kappa shape index (κ3) is 4.05. The van der Waals surface area contributed by atoms with Crippen molar-refractivity contribution in [1.82, 2.24) is 9.71 Å². The highest BCUT2D eigenvalue weighted by Gasteiger charge is 2.28. The van der Waals surface area contributed by atoms with Crippen molar-refractivity contribution in [2.24, 2.45) is 0 Å². The Hall–Kier alpha value is -0.100. The molecular weight excluding hydrogens is 288 g/mol. The second-order valence-electron chi connectivity index (χ2n) is 4.62. The molecule has 2 atom stereocenters. The quantitative estimate of drug-likeness (QED) is 0.873. The SMILES string of the molecule is C[C@@H](N[S@+]([O-])C(C)(C)C)c1cc(Br)ccn1. The molecule has 1 aromatic heterocycles. The van der Waals surface area contributed by atoms with Gasteiger partial charge in [0.15, 0.2) is 0 Å². The van der Waals surface area contributed by atoms with E-state index >= 15 is 0 Å². The molecule has 0 spiro atoms. The molecule has 16 heavy (non-hydrogen) atoms. The molecular formula is C11H17BrN2OS. The number of aromatic nitrogens is 1. The lowest BCUT2D eigenvalue weighted by molar-refractivity contribution is 0.529. The molecule has 1 N–H and O–H groups in total. The average molecular weight is 305 g/mol. The summed E-state index contributed by atoms with van der Waals surface area (Å²) >= 11 is 2.31. The molecule has 90 valence electrons. The van der Waals surface area contributed by atoms with Crippen LogP contribution in [-0.4, -0.2) is 14.3 Å². The van der Waals surface area contributed by atoms with Crippen molar-refractivity contribution >= 4 is 27.3 Å². The molecule has 0 aliphatic carbocycles. The predicted octanol–water partition coefficient (Wildman–Crippen LogP) is 2.96. The molecule has 1 heterocycles. The number of hydrogen-bond donors (Lipinski definition) is 1. The number of rotatable bonds is 3. The first kappa shape index (κ1) is 14.0. The monoisotopic (exact) mass is 304 g/mol. The summed E-state index contributed by atoms with van der Waals surface area (Å²) in [5.74, 6) is 0. The van der Waals surface area contributed by atoms with Crippen LogP contribution in [0.25, 0.3) is 0 Å². The van der Waals surface area contributed by atoms with Crippen LogP contribution in [0.2, 0.25) is 0 Å². The summed E-state index contributed by atoms with van der Waals surface area (Å²) in [7, 11) is 0. The summed E-state index contributed by atoms with van der Waals surface area (Å²) in [5, 5.41) is 0. The van der Waals surface area contributed by atoms with Gasteiger partial charge in [-0.05, 0) is 39.8 Å². The fraction of sp³-hybridized carbons (Fsp3) is 0.545. The molecule has 0 bridgehead atoms. The molecule has 1 aromatic rings. The second-order valence-corrected chi connectivity index (χ2v) is 7.53. The Morgan fingerprint density at radius 1 is 1.50 bits per heavy atom. The van der Waals surface area contributed by atoms with E-state index in [1.54, 1.807) is 6.20 Å². The highest BCUT2D eigenvalue weighted by atomic mass is 79.9. The van der Waals surface area contributed by atoms with Crippen LogP contribution >= 0.6 is 15.9 Å². The summed E-state index contributed by atoms with van der Waals surface area (Å²) in [6.45, 7) is 7.78. The van der Waals surface area contributed by atoms with E-state index in [1.807, 2.05) is 39.8 Å². The number of halogens is 1. The van der Waals surface area contributed by atoms with Gasteiger partial charge in [-0.2, -0.15) is 0 Å². The Bertz CT molecular complexity index is 354. The van der Waals surface area contributed by atoms with Gasteiger partial charge in [-0.3, -0.25) is 4.98 Å². The topological polar surface area (TPSA) is 48.0 Å². The highest BCUT2D eigenvalue weighted by molar-refractivity contribution is 9.10. The summed E-state index contributed by atoms with van der Waals surface area (Å²) in [4.78, 5) is 4.25. The van der Waals surface area contributed by atoms with E-state index in [4.69, 9.17) is 0 Å². The highest BCUT2D eigenvalue weighted by Crippen LogP contribution is 2.20. The van der Waals surface area contributed by atoms with E-state index in [0.29, 0.717) is 0 Å². The largest absolute Gasteiger partial charge is 0.598 e. The van der Waals surface area contributed by atoms with Gasteiger partial charge in [0.2, 0.25) is 0 Å². The van der Waals surface area contributed by atoms with E-state index < -0.39 is 11.4 Å². The van der Waals surface area contributed by atoms with E-state index in [2.05, 4.69) is 25.6 Å². The van der Waals surface area contributed by atoms with Crippen LogP contribution in [-0.2, 0) is 11.4 Å². The van der Waals surface area contributed by atoms with Crippen molar-refractivity contribution in [1.29, 1.82) is 0 Å². The number of pyridine rings is 1. The maximum Gasteiger partial charge on any atom is 0.136 e. The van der Waals surface area contributed by atoms with Crippen LogP contribution in [0, 0.1) is 0 Å². The molecule has 5 heteroatoms. The van der Waals surface area contributed by atoms with E-state index in [1.165, 1.54) is 0 Å². The minimum absolute atomic E-state index is 0.0300. The van der Waals surface area contributed by atoms with Crippen LogP contribution in [0.5, 0.6) is 0 Å². The molecule has 1 rings (SSSR count). The zero-order valence-corrected chi connectivity index (χ0v) is 12.4. The first-order valence-corrected chi connectivity index (χ1v) is 7.04. The van der Waals surface area contributed by atoms with Crippen LogP contribution in [0.15, 0.2) is 22.8 Å². The molecule has 0 saturated heterocycles. The van der Waals surface area contributed by atoms with Gasteiger partial charge in [0.1, 0.15) is 4.75 Å². The number of nitrogens with one attached hydrogen (secondary N) is 1. The van der Waals surface area contributed by atoms with Gasteiger partial charge < -0.3 is 4.55 Å². The van der Waals surface area contributed by atoms with E-state index in [9.17, 15) is 4.55 Å². The van der Waals surface area contributed by atoms with Crippen molar-refractivity contribution in [3.8, 4) is 0 Å². The Morgan fingerprint density at radius 3 is 2.62 bits per heavy atom.